The second-order valence-electron chi connectivity index (χ2n) is 5.50. The summed E-state index contributed by atoms with van der Waals surface area (Å²) in [6.45, 7) is 3.03. The van der Waals surface area contributed by atoms with Crippen molar-refractivity contribution in [2.75, 3.05) is 11.9 Å². The van der Waals surface area contributed by atoms with Crippen LogP contribution in [0.4, 0.5) is 10.1 Å². The van der Waals surface area contributed by atoms with Gasteiger partial charge in [-0.15, -0.1) is 0 Å². The van der Waals surface area contributed by atoms with E-state index < -0.39 is 5.54 Å². The molecule has 0 unspecified atom stereocenters. The van der Waals surface area contributed by atoms with Gasteiger partial charge in [0.25, 0.3) is 6.02 Å². The molecule has 2 aromatic rings. The van der Waals surface area contributed by atoms with Crippen molar-refractivity contribution in [1.82, 2.24) is 0 Å². The summed E-state index contributed by atoms with van der Waals surface area (Å²) >= 11 is 1.66. The second kappa shape index (κ2) is 5.96. The first kappa shape index (κ1) is 14.8. The van der Waals surface area contributed by atoms with Crippen molar-refractivity contribution in [2.45, 2.75) is 25.4 Å². The Bertz CT molecular complexity index is 687. The van der Waals surface area contributed by atoms with Crippen LogP contribution in [0.15, 0.2) is 40.0 Å². The Morgan fingerprint density at radius 1 is 1.45 bits per heavy atom. The fourth-order valence-electron chi connectivity index (χ4n) is 2.53. The van der Waals surface area contributed by atoms with Crippen molar-refractivity contribution in [3.8, 4) is 0 Å². The zero-order valence-electron chi connectivity index (χ0n) is 12.3. The van der Waals surface area contributed by atoms with Gasteiger partial charge in [-0.25, -0.2) is 9.38 Å². The summed E-state index contributed by atoms with van der Waals surface area (Å²) in [5.74, 6) is -0.276. The summed E-state index contributed by atoms with van der Waals surface area (Å²) in [6, 6.07) is 7.19. The standard InChI is InChI=1S/C16H18FN3OS/c1-16(5-6-21-15(18)20-16)13-8-12(2-3-14(13)17)19-9-11-4-7-22-10-11/h2-4,7-8,10,19H,5-6,9H2,1H3,(H2,18,20)/t16-/m0/s1. The summed E-state index contributed by atoms with van der Waals surface area (Å²) in [5.41, 5.74) is 7.57. The minimum absolute atomic E-state index is 0.116. The molecule has 6 heteroatoms. The van der Waals surface area contributed by atoms with Crippen molar-refractivity contribution in [2.24, 2.45) is 10.7 Å². The average molecular weight is 319 g/mol. The summed E-state index contributed by atoms with van der Waals surface area (Å²) in [4.78, 5) is 4.30. The zero-order valence-corrected chi connectivity index (χ0v) is 13.1. The number of hydrogen-bond acceptors (Lipinski definition) is 5. The molecular weight excluding hydrogens is 301 g/mol. The molecule has 4 nitrogen and oxygen atoms in total. The smallest absolute Gasteiger partial charge is 0.282 e. The molecule has 1 aromatic heterocycles. The number of ether oxygens (including phenoxy) is 1. The van der Waals surface area contributed by atoms with E-state index in [9.17, 15) is 4.39 Å². The lowest BCUT2D eigenvalue weighted by Crippen LogP contribution is -2.34. The van der Waals surface area contributed by atoms with E-state index in [0.29, 0.717) is 25.1 Å². The Kier molecular flexibility index (Phi) is 4.02. The molecule has 116 valence electrons. The Morgan fingerprint density at radius 3 is 3.05 bits per heavy atom. The fourth-order valence-corrected chi connectivity index (χ4v) is 3.19. The number of nitrogens with one attached hydrogen (secondary N) is 1. The van der Waals surface area contributed by atoms with Crippen molar-refractivity contribution in [3.05, 3.63) is 52.0 Å². The van der Waals surface area contributed by atoms with Crippen LogP contribution in [0, 0.1) is 5.82 Å². The maximum Gasteiger partial charge on any atom is 0.282 e. The van der Waals surface area contributed by atoms with Crippen LogP contribution in [0.3, 0.4) is 0 Å². The topological polar surface area (TPSA) is 59.6 Å². The summed E-state index contributed by atoms with van der Waals surface area (Å²) < 4.78 is 19.4. The molecule has 0 fully saturated rings. The first-order chi connectivity index (χ1) is 10.6. The van der Waals surface area contributed by atoms with Gasteiger partial charge in [0.05, 0.1) is 12.1 Å². The lowest BCUT2D eigenvalue weighted by Gasteiger charge is -2.30. The van der Waals surface area contributed by atoms with Gasteiger partial charge in [0.15, 0.2) is 0 Å². The van der Waals surface area contributed by atoms with Gasteiger partial charge < -0.3 is 15.8 Å². The number of anilines is 1. The highest BCUT2D eigenvalue weighted by atomic mass is 32.1. The molecule has 2 heterocycles. The lowest BCUT2D eigenvalue weighted by molar-refractivity contribution is 0.215. The third kappa shape index (κ3) is 3.06. The summed E-state index contributed by atoms with van der Waals surface area (Å²) in [5, 5.41) is 7.43. The van der Waals surface area contributed by atoms with Crippen LogP contribution in [0.5, 0.6) is 0 Å². The van der Waals surface area contributed by atoms with Gasteiger partial charge in [-0.2, -0.15) is 11.3 Å². The third-order valence-corrected chi connectivity index (χ3v) is 4.55. The number of thiophene rings is 1. The number of rotatable bonds is 4. The SMILES string of the molecule is C[C@@]1(c2cc(NCc3ccsc3)ccc2F)CCOC(N)=N1. The number of amidine groups is 1. The number of halogens is 1. The maximum absolute atomic E-state index is 14.3. The minimum atomic E-state index is -0.688. The fraction of sp³-hybridized carbons (Fsp3) is 0.312. The molecule has 0 radical (unpaired) electrons. The quantitative estimate of drug-likeness (QED) is 0.907. The van der Waals surface area contributed by atoms with Crippen LogP contribution in [-0.4, -0.2) is 12.6 Å². The molecule has 0 spiro atoms. The third-order valence-electron chi connectivity index (χ3n) is 3.82. The summed E-state index contributed by atoms with van der Waals surface area (Å²) in [6.07, 6.45) is 0.596. The Balaban J connectivity index is 1.85. The zero-order chi connectivity index (χ0) is 15.6. The summed E-state index contributed by atoms with van der Waals surface area (Å²) in [7, 11) is 0. The Morgan fingerprint density at radius 2 is 2.32 bits per heavy atom. The first-order valence-corrected chi connectivity index (χ1v) is 8.04. The van der Waals surface area contributed by atoms with Crippen molar-refractivity contribution in [1.29, 1.82) is 0 Å². The number of nitrogens with two attached hydrogens (primary N) is 1. The van der Waals surface area contributed by atoms with Crippen LogP contribution in [-0.2, 0) is 16.8 Å². The molecular formula is C16H18FN3OS. The Hall–Kier alpha value is -2.08. The van der Waals surface area contributed by atoms with Crippen molar-refractivity contribution >= 4 is 23.0 Å². The number of nitrogens with zero attached hydrogens (tertiary/aromatic N) is 1. The maximum atomic E-state index is 14.3. The van der Waals surface area contributed by atoms with E-state index in [1.165, 1.54) is 11.6 Å². The van der Waals surface area contributed by atoms with Gasteiger partial charge in [-0.1, -0.05) is 0 Å². The van der Waals surface area contributed by atoms with Gasteiger partial charge in [0.1, 0.15) is 5.82 Å². The van der Waals surface area contributed by atoms with E-state index in [1.807, 2.05) is 18.4 Å². The van der Waals surface area contributed by atoms with Gasteiger partial charge >= 0.3 is 0 Å². The van der Waals surface area contributed by atoms with Crippen molar-refractivity contribution in [3.63, 3.8) is 0 Å². The predicted molar refractivity (Wildman–Crippen MR) is 87.6 cm³/mol. The second-order valence-corrected chi connectivity index (χ2v) is 6.28. The molecule has 22 heavy (non-hydrogen) atoms. The molecule has 1 atom stereocenters. The monoisotopic (exact) mass is 319 g/mol. The molecule has 0 aliphatic carbocycles. The average Bonchev–Trinajstić information content (AvgIpc) is 2.99. The Labute approximate surface area is 132 Å². The van der Waals surface area contributed by atoms with Gasteiger partial charge in [-0.05, 0) is 47.5 Å². The number of benzene rings is 1. The molecule has 1 aliphatic rings. The highest BCUT2D eigenvalue weighted by Gasteiger charge is 2.32. The van der Waals surface area contributed by atoms with E-state index in [0.717, 1.165) is 5.69 Å². The molecule has 0 bridgehead atoms. The van der Waals surface area contributed by atoms with Gasteiger partial charge in [0.2, 0.25) is 0 Å². The van der Waals surface area contributed by atoms with E-state index in [-0.39, 0.29) is 11.8 Å². The van der Waals surface area contributed by atoms with Crippen LogP contribution in [0.2, 0.25) is 0 Å². The van der Waals surface area contributed by atoms with Crippen molar-refractivity contribution < 1.29 is 9.13 Å². The molecule has 0 saturated heterocycles. The number of aliphatic imine (C=N–C) groups is 1. The molecule has 1 aliphatic heterocycles. The van der Waals surface area contributed by atoms with Gasteiger partial charge in [0, 0.05) is 24.2 Å². The highest BCUT2D eigenvalue weighted by Crippen LogP contribution is 2.35. The molecule has 3 N–H and O–H groups in total. The van der Waals surface area contributed by atoms with Crippen LogP contribution < -0.4 is 11.1 Å². The minimum Gasteiger partial charge on any atom is -0.465 e. The van der Waals surface area contributed by atoms with Gasteiger partial charge in [-0.3, -0.25) is 0 Å². The van der Waals surface area contributed by atoms with E-state index in [1.54, 1.807) is 17.4 Å². The predicted octanol–water partition coefficient (Wildman–Crippen LogP) is 3.45. The van der Waals surface area contributed by atoms with E-state index in [4.69, 9.17) is 10.5 Å². The molecule has 0 saturated carbocycles. The normalized spacial score (nSPS) is 21.1. The van der Waals surface area contributed by atoms with E-state index in [2.05, 4.69) is 21.8 Å². The van der Waals surface area contributed by atoms with Crippen LogP contribution in [0.1, 0.15) is 24.5 Å². The molecule has 1 aromatic carbocycles. The molecule has 3 rings (SSSR count). The molecule has 0 amide bonds. The largest absolute Gasteiger partial charge is 0.465 e. The highest BCUT2D eigenvalue weighted by molar-refractivity contribution is 7.07. The van der Waals surface area contributed by atoms with Crippen LogP contribution >= 0.6 is 11.3 Å². The van der Waals surface area contributed by atoms with Crippen LogP contribution in [0.25, 0.3) is 0 Å². The number of hydrogen-bond donors (Lipinski definition) is 2. The lowest BCUT2D eigenvalue weighted by atomic mass is 9.88. The first-order valence-electron chi connectivity index (χ1n) is 7.10. The van der Waals surface area contributed by atoms with E-state index >= 15 is 0 Å².